The lowest BCUT2D eigenvalue weighted by Gasteiger charge is -2.37. The van der Waals surface area contributed by atoms with Gasteiger partial charge < -0.3 is 9.53 Å². The summed E-state index contributed by atoms with van der Waals surface area (Å²) < 4.78 is 6.21. The van der Waals surface area contributed by atoms with Crippen molar-refractivity contribution < 1.29 is 9.53 Å². The predicted octanol–water partition coefficient (Wildman–Crippen LogP) is 4.52. The smallest absolute Gasteiger partial charge is 0.191 e. The number of hydrogen-bond acceptors (Lipinski definition) is 2. The monoisotopic (exact) mass is 328 g/mol. The summed E-state index contributed by atoms with van der Waals surface area (Å²) in [5.74, 6) is 3.37. The van der Waals surface area contributed by atoms with Crippen molar-refractivity contribution in [1.29, 1.82) is 0 Å². The summed E-state index contributed by atoms with van der Waals surface area (Å²) >= 11 is 0. The Morgan fingerprint density at radius 1 is 1.05 bits per heavy atom. The van der Waals surface area contributed by atoms with E-state index in [1.54, 1.807) is 0 Å². The second kappa shape index (κ2) is 7.45. The van der Waals surface area contributed by atoms with Crippen molar-refractivity contribution in [2.75, 3.05) is 6.61 Å². The van der Waals surface area contributed by atoms with Crippen LogP contribution in [0.15, 0.2) is 0 Å². The highest BCUT2D eigenvalue weighted by Gasteiger charge is 2.37. The van der Waals surface area contributed by atoms with Gasteiger partial charge in [-0.3, -0.25) is 0 Å². The second-order valence-electron chi connectivity index (χ2n) is 8.85. The summed E-state index contributed by atoms with van der Waals surface area (Å²) in [5, 5.41) is 10.6. The maximum atomic E-state index is 10.4. The second-order valence-corrected chi connectivity index (χ2v) is 18.4. The molecule has 21 heavy (non-hydrogen) atoms. The van der Waals surface area contributed by atoms with Crippen molar-refractivity contribution in [2.45, 2.75) is 78.5 Å². The number of rotatable bonds is 5. The molecule has 0 aliphatic heterocycles. The third kappa shape index (κ3) is 7.64. The molecule has 0 aliphatic rings. The molecule has 0 saturated carbocycles. The zero-order chi connectivity index (χ0) is 17.1. The highest BCUT2D eigenvalue weighted by atomic mass is 28.4. The Bertz CT molecular complexity index is 380. The zero-order valence-corrected chi connectivity index (χ0v) is 17.8. The largest absolute Gasteiger partial charge is 0.416 e. The first kappa shape index (κ1) is 20.9. The molecule has 0 amide bonds. The molecule has 1 N–H and O–H groups in total. The van der Waals surface area contributed by atoms with Gasteiger partial charge in [0, 0.05) is 18.4 Å². The van der Waals surface area contributed by atoms with Gasteiger partial charge in [-0.2, -0.15) is 0 Å². The SMILES string of the molecule is C[C@H](C#C[Si](C)(C)C)[C@@H](O)[C@H](C)CO[Si](C)(C)C(C)(C)C. The fourth-order valence-corrected chi connectivity index (χ4v) is 3.34. The van der Waals surface area contributed by atoms with E-state index in [1.807, 2.05) is 6.92 Å². The van der Waals surface area contributed by atoms with Crippen molar-refractivity contribution in [2.24, 2.45) is 11.8 Å². The molecule has 0 spiro atoms. The zero-order valence-electron chi connectivity index (χ0n) is 15.8. The molecule has 124 valence electrons. The van der Waals surface area contributed by atoms with Crippen LogP contribution in [-0.2, 0) is 4.43 Å². The minimum Gasteiger partial charge on any atom is -0.416 e. The van der Waals surface area contributed by atoms with Gasteiger partial charge in [0.25, 0.3) is 0 Å². The van der Waals surface area contributed by atoms with Crippen molar-refractivity contribution >= 4 is 16.4 Å². The molecule has 0 aromatic heterocycles. The van der Waals surface area contributed by atoms with E-state index in [1.165, 1.54) is 0 Å². The first-order chi connectivity index (χ1) is 9.17. The third-order valence-corrected chi connectivity index (χ3v) is 9.68. The van der Waals surface area contributed by atoms with Gasteiger partial charge in [0.1, 0.15) is 8.07 Å². The Morgan fingerprint density at radius 2 is 1.52 bits per heavy atom. The molecule has 0 aromatic rings. The first-order valence-electron chi connectivity index (χ1n) is 8.02. The van der Waals surface area contributed by atoms with Gasteiger partial charge in [-0.1, -0.05) is 47.3 Å². The van der Waals surface area contributed by atoms with Crippen LogP contribution in [0.3, 0.4) is 0 Å². The molecule has 0 heterocycles. The van der Waals surface area contributed by atoms with Crippen molar-refractivity contribution in [3.05, 3.63) is 0 Å². The van der Waals surface area contributed by atoms with Gasteiger partial charge in [0.15, 0.2) is 8.32 Å². The molecule has 0 unspecified atom stereocenters. The third-order valence-electron chi connectivity index (χ3n) is 4.28. The summed E-state index contributed by atoms with van der Waals surface area (Å²) in [7, 11) is -3.11. The Labute approximate surface area is 134 Å². The van der Waals surface area contributed by atoms with Gasteiger partial charge >= 0.3 is 0 Å². The maximum Gasteiger partial charge on any atom is 0.191 e. The average Bonchev–Trinajstić information content (AvgIpc) is 2.29. The lowest BCUT2D eigenvalue weighted by atomic mass is 9.95. The molecule has 0 aromatic carbocycles. The Balaban J connectivity index is 4.59. The van der Waals surface area contributed by atoms with Crippen LogP contribution in [0.5, 0.6) is 0 Å². The molecule has 0 bridgehead atoms. The van der Waals surface area contributed by atoms with Crippen LogP contribution in [-0.4, -0.2) is 34.2 Å². The van der Waals surface area contributed by atoms with E-state index in [0.29, 0.717) is 6.61 Å². The van der Waals surface area contributed by atoms with Crippen LogP contribution < -0.4 is 0 Å². The van der Waals surface area contributed by atoms with Crippen molar-refractivity contribution in [1.82, 2.24) is 0 Å². The normalized spacial score (nSPS) is 17.7. The quantitative estimate of drug-likeness (QED) is 0.594. The standard InChI is InChI=1S/C17H36O2Si2/c1-14(11-12-20(6,7)8)16(18)15(2)13-19-21(9,10)17(3,4)5/h14-16,18H,13H2,1-10H3/t14-,15-,16-/m1/s1. The predicted molar refractivity (Wildman–Crippen MR) is 98.6 cm³/mol. The Kier molecular flexibility index (Phi) is 7.42. The molecule has 2 nitrogen and oxygen atoms in total. The van der Waals surface area contributed by atoms with Crippen LogP contribution in [0.25, 0.3) is 0 Å². The molecule has 0 saturated heterocycles. The summed E-state index contributed by atoms with van der Waals surface area (Å²) in [5.41, 5.74) is 3.35. The fourth-order valence-electron chi connectivity index (χ4n) is 1.56. The summed E-state index contributed by atoms with van der Waals surface area (Å²) in [6.07, 6.45) is -0.418. The van der Waals surface area contributed by atoms with E-state index in [-0.39, 0.29) is 16.9 Å². The van der Waals surface area contributed by atoms with Crippen LogP contribution >= 0.6 is 0 Å². The van der Waals surface area contributed by atoms with Crippen LogP contribution in [0.2, 0.25) is 37.8 Å². The van der Waals surface area contributed by atoms with Crippen molar-refractivity contribution in [3.63, 3.8) is 0 Å². The molecule has 0 radical (unpaired) electrons. The van der Waals surface area contributed by atoms with E-state index in [2.05, 4.69) is 71.9 Å². The molecular weight excluding hydrogens is 292 g/mol. The first-order valence-corrected chi connectivity index (χ1v) is 14.4. The number of aliphatic hydroxyl groups is 1. The Morgan fingerprint density at radius 3 is 1.90 bits per heavy atom. The molecular formula is C17H36O2Si2. The minimum absolute atomic E-state index is 0.00902. The fraction of sp³-hybridized carbons (Fsp3) is 0.882. The molecule has 0 rings (SSSR count). The molecule has 0 aliphatic carbocycles. The van der Waals surface area contributed by atoms with E-state index < -0.39 is 22.5 Å². The van der Waals surface area contributed by atoms with Crippen molar-refractivity contribution in [3.8, 4) is 11.5 Å². The topological polar surface area (TPSA) is 29.5 Å². The van der Waals surface area contributed by atoms with E-state index >= 15 is 0 Å². The van der Waals surface area contributed by atoms with Gasteiger partial charge in [-0.05, 0) is 25.1 Å². The van der Waals surface area contributed by atoms with E-state index in [9.17, 15) is 5.11 Å². The highest BCUT2D eigenvalue weighted by Crippen LogP contribution is 2.37. The minimum atomic E-state index is -1.74. The van der Waals surface area contributed by atoms with Gasteiger partial charge in [0.2, 0.25) is 0 Å². The van der Waals surface area contributed by atoms with E-state index in [4.69, 9.17) is 4.43 Å². The highest BCUT2D eigenvalue weighted by molar-refractivity contribution is 6.83. The molecule has 3 atom stereocenters. The summed E-state index contributed by atoms with van der Waals surface area (Å²) in [4.78, 5) is 0. The number of hydrogen-bond donors (Lipinski definition) is 1. The van der Waals surface area contributed by atoms with Crippen LogP contribution in [0.4, 0.5) is 0 Å². The van der Waals surface area contributed by atoms with Gasteiger partial charge in [0.05, 0.1) is 6.10 Å². The summed E-state index contributed by atoms with van der Waals surface area (Å²) in [6, 6.07) is 0. The van der Waals surface area contributed by atoms with Crippen LogP contribution in [0.1, 0.15) is 34.6 Å². The van der Waals surface area contributed by atoms with Gasteiger partial charge in [-0.25, -0.2) is 0 Å². The summed E-state index contributed by atoms with van der Waals surface area (Å²) in [6.45, 7) is 22.6. The Hall–Kier alpha value is -0.0862. The lowest BCUT2D eigenvalue weighted by molar-refractivity contribution is 0.0566. The van der Waals surface area contributed by atoms with Crippen LogP contribution in [0, 0.1) is 23.3 Å². The number of aliphatic hydroxyl groups excluding tert-OH is 1. The maximum absolute atomic E-state index is 10.4. The average molecular weight is 329 g/mol. The molecule has 4 heteroatoms. The lowest BCUT2D eigenvalue weighted by Crippen LogP contribution is -2.43. The molecule has 0 fully saturated rings. The van der Waals surface area contributed by atoms with E-state index in [0.717, 1.165) is 0 Å². The van der Waals surface area contributed by atoms with Gasteiger partial charge in [-0.15, -0.1) is 11.5 Å².